The zero-order valence-electron chi connectivity index (χ0n) is 11.2. The Morgan fingerprint density at radius 3 is 3.00 bits per heavy atom. The fourth-order valence-corrected chi connectivity index (χ4v) is 2.74. The molecule has 0 aliphatic carbocycles. The summed E-state index contributed by atoms with van der Waals surface area (Å²) in [4.78, 5) is 17.0. The van der Waals surface area contributed by atoms with E-state index in [0.717, 1.165) is 42.8 Å². The van der Waals surface area contributed by atoms with Gasteiger partial charge in [-0.05, 0) is 23.8 Å². The van der Waals surface area contributed by atoms with E-state index in [1.54, 1.807) is 12.3 Å². The highest BCUT2D eigenvalue weighted by Crippen LogP contribution is 2.29. The van der Waals surface area contributed by atoms with E-state index in [-0.39, 0.29) is 0 Å². The van der Waals surface area contributed by atoms with Gasteiger partial charge in [0.1, 0.15) is 5.82 Å². The summed E-state index contributed by atoms with van der Waals surface area (Å²) in [7, 11) is 0. The summed E-state index contributed by atoms with van der Waals surface area (Å²) in [6.45, 7) is 2.47. The fourth-order valence-electron chi connectivity index (χ4n) is 2.43. The predicted molar refractivity (Wildman–Crippen MR) is 81.4 cm³/mol. The number of hydrogen-bond acceptors (Lipinski definition) is 3. The highest BCUT2D eigenvalue weighted by molar-refractivity contribution is 6.33. The van der Waals surface area contributed by atoms with Gasteiger partial charge in [0.25, 0.3) is 0 Å². The van der Waals surface area contributed by atoms with Crippen LogP contribution in [0.2, 0.25) is 5.02 Å². The van der Waals surface area contributed by atoms with Gasteiger partial charge in [-0.15, -0.1) is 0 Å². The molecule has 108 valence electrons. The van der Waals surface area contributed by atoms with Crippen molar-refractivity contribution in [3.8, 4) is 0 Å². The molecule has 1 N–H and O–H groups in total. The molecule has 0 atom stereocenters. The summed E-state index contributed by atoms with van der Waals surface area (Å²) in [6, 6.07) is 5.56. The smallest absolute Gasteiger partial charge is 0.328 e. The van der Waals surface area contributed by atoms with E-state index >= 15 is 0 Å². The molecule has 2 aromatic rings. The molecule has 0 saturated heterocycles. The van der Waals surface area contributed by atoms with Crippen LogP contribution in [0.1, 0.15) is 11.4 Å². The highest BCUT2D eigenvalue weighted by atomic mass is 35.5. The Morgan fingerprint density at radius 2 is 2.24 bits per heavy atom. The normalized spacial score (nSPS) is 14.4. The first-order valence-electron chi connectivity index (χ1n) is 6.59. The lowest BCUT2D eigenvalue weighted by Crippen LogP contribution is -2.33. The van der Waals surface area contributed by atoms with Gasteiger partial charge in [0.05, 0.1) is 17.3 Å². The number of carboxylic acid groups (broad SMARTS) is 1. The van der Waals surface area contributed by atoms with E-state index in [4.69, 9.17) is 16.7 Å². The lowest BCUT2D eigenvalue weighted by molar-refractivity contribution is -0.131. The Balaban J connectivity index is 1.82. The van der Waals surface area contributed by atoms with Gasteiger partial charge >= 0.3 is 5.97 Å². The molecule has 0 fully saturated rings. The van der Waals surface area contributed by atoms with Crippen LogP contribution in [0, 0.1) is 0 Å². The molecular formula is C15H14ClN3O2. The second-order valence-corrected chi connectivity index (χ2v) is 5.25. The topological polar surface area (TPSA) is 58.4 Å². The Bertz CT molecular complexity index is 709. The number of aliphatic carboxylic acids is 1. The predicted octanol–water partition coefficient (Wildman–Crippen LogP) is 2.65. The number of nitrogens with zero attached hydrogens (tertiary/aromatic N) is 3. The molecule has 6 heteroatoms. The number of aromatic nitrogens is 2. The van der Waals surface area contributed by atoms with E-state index in [1.807, 2.05) is 18.3 Å². The lowest BCUT2D eigenvalue weighted by atomic mass is 10.1. The molecule has 0 amide bonds. The quantitative estimate of drug-likeness (QED) is 0.886. The first-order chi connectivity index (χ1) is 10.1. The van der Waals surface area contributed by atoms with Crippen LogP contribution in [0.5, 0.6) is 0 Å². The number of benzene rings is 1. The van der Waals surface area contributed by atoms with Crippen molar-refractivity contribution in [1.29, 1.82) is 0 Å². The molecular weight excluding hydrogens is 290 g/mol. The molecule has 0 radical (unpaired) electrons. The van der Waals surface area contributed by atoms with Crippen LogP contribution in [0.25, 0.3) is 6.08 Å². The molecule has 2 heterocycles. The number of carboxylic acids is 1. The monoisotopic (exact) mass is 303 g/mol. The molecule has 0 bridgehead atoms. The minimum absolute atomic E-state index is 0.613. The van der Waals surface area contributed by atoms with Crippen LogP contribution >= 0.6 is 11.6 Å². The molecule has 0 unspecified atom stereocenters. The van der Waals surface area contributed by atoms with Gasteiger partial charge in [0.15, 0.2) is 0 Å². The molecule has 5 nitrogen and oxygen atoms in total. The molecule has 0 spiro atoms. The third-order valence-electron chi connectivity index (χ3n) is 3.48. The van der Waals surface area contributed by atoms with Crippen molar-refractivity contribution in [3.63, 3.8) is 0 Å². The van der Waals surface area contributed by atoms with Crippen LogP contribution in [0.4, 0.5) is 5.69 Å². The van der Waals surface area contributed by atoms with Crippen molar-refractivity contribution in [2.45, 2.75) is 13.1 Å². The van der Waals surface area contributed by atoms with E-state index in [2.05, 4.69) is 14.5 Å². The summed E-state index contributed by atoms with van der Waals surface area (Å²) >= 11 is 6.33. The third kappa shape index (κ3) is 2.92. The van der Waals surface area contributed by atoms with Crippen molar-refractivity contribution in [3.05, 3.63) is 53.1 Å². The minimum atomic E-state index is -0.974. The average Bonchev–Trinajstić information content (AvgIpc) is 2.92. The first kappa shape index (κ1) is 13.7. The minimum Gasteiger partial charge on any atom is -0.478 e. The molecule has 1 aromatic heterocycles. The van der Waals surface area contributed by atoms with E-state index < -0.39 is 5.97 Å². The van der Waals surface area contributed by atoms with Crippen LogP contribution in [-0.2, 0) is 17.9 Å². The first-order valence-corrected chi connectivity index (χ1v) is 6.97. The van der Waals surface area contributed by atoms with Crippen molar-refractivity contribution in [1.82, 2.24) is 9.55 Å². The second kappa shape index (κ2) is 5.61. The lowest BCUT2D eigenvalue weighted by Gasteiger charge is -2.30. The summed E-state index contributed by atoms with van der Waals surface area (Å²) in [5.74, 6) is 0.0465. The molecule has 1 aromatic carbocycles. The third-order valence-corrected chi connectivity index (χ3v) is 3.78. The molecule has 21 heavy (non-hydrogen) atoms. The van der Waals surface area contributed by atoms with Crippen molar-refractivity contribution in [2.75, 3.05) is 11.4 Å². The summed E-state index contributed by atoms with van der Waals surface area (Å²) < 4.78 is 2.13. The van der Waals surface area contributed by atoms with Gasteiger partial charge in [-0.25, -0.2) is 9.78 Å². The number of rotatable bonds is 3. The van der Waals surface area contributed by atoms with Gasteiger partial charge in [-0.2, -0.15) is 0 Å². The summed E-state index contributed by atoms with van der Waals surface area (Å²) in [5, 5.41) is 9.25. The average molecular weight is 304 g/mol. The number of carbonyl (C=O) groups is 1. The number of anilines is 1. The van der Waals surface area contributed by atoms with Gasteiger partial charge in [-0.3, -0.25) is 0 Å². The van der Waals surface area contributed by atoms with Gasteiger partial charge in [0.2, 0.25) is 0 Å². The highest BCUT2D eigenvalue weighted by Gasteiger charge is 2.18. The van der Waals surface area contributed by atoms with Crippen LogP contribution in [0.15, 0.2) is 36.7 Å². The maximum absolute atomic E-state index is 10.5. The molecule has 3 rings (SSSR count). The molecule has 0 saturated carbocycles. The van der Waals surface area contributed by atoms with Crippen molar-refractivity contribution in [2.24, 2.45) is 0 Å². The number of halogens is 1. The Hall–Kier alpha value is -2.27. The Morgan fingerprint density at radius 1 is 1.38 bits per heavy atom. The van der Waals surface area contributed by atoms with E-state index in [9.17, 15) is 4.79 Å². The second-order valence-electron chi connectivity index (χ2n) is 4.84. The van der Waals surface area contributed by atoms with Crippen molar-refractivity contribution < 1.29 is 9.90 Å². The zero-order chi connectivity index (χ0) is 14.8. The van der Waals surface area contributed by atoms with Gasteiger partial charge in [-0.1, -0.05) is 17.7 Å². The molecule has 1 aliphatic heterocycles. The summed E-state index contributed by atoms with van der Waals surface area (Å²) in [5.41, 5.74) is 1.71. The van der Waals surface area contributed by atoms with Crippen LogP contribution in [-0.4, -0.2) is 27.2 Å². The van der Waals surface area contributed by atoms with E-state index in [0.29, 0.717) is 5.02 Å². The zero-order valence-corrected chi connectivity index (χ0v) is 12.0. The maximum atomic E-state index is 10.5. The van der Waals surface area contributed by atoms with Gasteiger partial charge in [0, 0.05) is 31.6 Å². The number of imidazole rings is 1. The van der Waals surface area contributed by atoms with Crippen LogP contribution in [0.3, 0.4) is 0 Å². The molecule has 1 aliphatic rings. The largest absolute Gasteiger partial charge is 0.478 e. The van der Waals surface area contributed by atoms with Crippen LogP contribution < -0.4 is 4.90 Å². The standard InChI is InChI=1S/C15H14ClN3O2/c16-12-9-11(2-4-15(20)21)1-3-13(12)19-8-7-18-6-5-17-14(18)10-19/h1-6,9H,7-8,10H2,(H,20,21)/b4-2+. The SMILES string of the molecule is O=C(O)/C=C/c1ccc(N2CCn3ccnc3C2)c(Cl)c1. The number of hydrogen-bond donors (Lipinski definition) is 1. The van der Waals surface area contributed by atoms with E-state index in [1.165, 1.54) is 6.08 Å². The fraction of sp³-hybridized carbons (Fsp3) is 0.200. The Kier molecular flexibility index (Phi) is 3.66. The van der Waals surface area contributed by atoms with Crippen molar-refractivity contribution >= 4 is 29.3 Å². The van der Waals surface area contributed by atoms with Gasteiger partial charge < -0.3 is 14.6 Å². The summed E-state index contributed by atoms with van der Waals surface area (Å²) in [6.07, 6.45) is 6.41. The Labute approximate surface area is 127 Å². The maximum Gasteiger partial charge on any atom is 0.328 e. The number of fused-ring (bicyclic) bond motifs is 1.